The third-order valence-corrected chi connectivity index (χ3v) is 4.70. The van der Waals surface area contributed by atoms with E-state index in [1.54, 1.807) is 0 Å². The molecule has 0 aromatic heterocycles. The van der Waals surface area contributed by atoms with Crippen molar-refractivity contribution in [2.45, 2.75) is 31.7 Å². The van der Waals surface area contributed by atoms with Crippen LogP contribution >= 0.6 is 0 Å². The molecular weight excluding hydrogens is 287 g/mol. The number of rotatable bonds is 4. The maximum absolute atomic E-state index is 12.0. The second-order valence-corrected chi connectivity index (χ2v) is 6.80. The maximum atomic E-state index is 12.0. The number of likely N-dealkylation sites (N-methyl/N-ethyl adjacent to an activating group) is 1. The van der Waals surface area contributed by atoms with Crippen molar-refractivity contribution in [2.24, 2.45) is 0 Å². The highest BCUT2D eigenvalue weighted by Gasteiger charge is 2.35. The van der Waals surface area contributed by atoms with Crippen LogP contribution in [0.5, 0.6) is 0 Å². The molecular formula is C10H16F3NO4S. The Morgan fingerprint density at radius 2 is 2.05 bits per heavy atom. The van der Waals surface area contributed by atoms with Crippen molar-refractivity contribution in [3.8, 4) is 0 Å². The van der Waals surface area contributed by atoms with Gasteiger partial charge in [-0.15, -0.1) is 0 Å². The predicted octanol–water partition coefficient (Wildman–Crippen LogP) is 0.599. The van der Waals surface area contributed by atoms with Crippen molar-refractivity contribution in [1.82, 2.24) is 4.90 Å². The van der Waals surface area contributed by atoms with Gasteiger partial charge in [0.1, 0.15) is 12.7 Å². The number of amides is 1. The van der Waals surface area contributed by atoms with Gasteiger partial charge in [0.25, 0.3) is 5.91 Å². The first kappa shape index (κ1) is 16.2. The minimum atomic E-state index is -4.50. The molecule has 1 heterocycles. The van der Waals surface area contributed by atoms with E-state index in [1.165, 1.54) is 14.0 Å². The molecule has 0 saturated carbocycles. The van der Waals surface area contributed by atoms with Crippen LogP contribution in [0.4, 0.5) is 13.2 Å². The molecule has 1 aliphatic heterocycles. The number of nitrogens with zero attached hydrogens (tertiary/aromatic N) is 1. The molecule has 1 amide bonds. The minimum absolute atomic E-state index is 0.00687. The van der Waals surface area contributed by atoms with Gasteiger partial charge < -0.3 is 9.64 Å². The van der Waals surface area contributed by atoms with Gasteiger partial charge in [0.2, 0.25) is 0 Å². The van der Waals surface area contributed by atoms with Gasteiger partial charge in [-0.25, -0.2) is 8.42 Å². The van der Waals surface area contributed by atoms with E-state index < -0.39 is 40.7 Å². The highest BCUT2D eigenvalue weighted by Crippen LogP contribution is 2.19. The quantitative estimate of drug-likeness (QED) is 0.763. The number of carbonyl (C=O) groups excluding carboxylic acids is 1. The number of hydrogen-bond donors (Lipinski definition) is 0. The molecule has 0 spiro atoms. The fourth-order valence-corrected chi connectivity index (χ4v) is 3.61. The van der Waals surface area contributed by atoms with Gasteiger partial charge in [0.05, 0.1) is 11.5 Å². The highest BCUT2D eigenvalue weighted by atomic mass is 32.2. The molecule has 1 rings (SSSR count). The first-order valence-corrected chi connectivity index (χ1v) is 7.49. The summed E-state index contributed by atoms with van der Waals surface area (Å²) in [4.78, 5) is 13.0. The van der Waals surface area contributed by atoms with Crippen molar-refractivity contribution in [2.75, 3.05) is 25.2 Å². The number of sulfone groups is 1. The van der Waals surface area contributed by atoms with E-state index in [9.17, 15) is 26.4 Å². The molecule has 112 valence electrons. The fourth-order valence-electron chi connectivity index (χ4n) is 1.84. The van der Waals surface area contributed by atoms with Gasteiger partial charge in [0.15, 0.2) is 9.84 Å². The Morgan fingerprint density at radius 3 is 2.47 bits per heavy atom. The number of hydrogen-bond acceptors (Lipinski definition) is 4. The van der Waals surface area contributed by atoms with Gasteiger partial charge >= 0.3 is 6.18 Å². The summed E-state index contributed by atoms with van der Waals surface area (Å²) in [5.41, 5.74) is 0. The average Bonchev–Trinajstić information content (AvgIpc) is 2.63. The molecule has 5 nitrogen and oxygen atoms in total. The molecule has 0 unspecified atom stereocenters. The molecule has 0 aromatic carbocycles. The SMILES string of the molecule is C[C@@H](OCC(F)(F)F)C(=O)N(C)[C@H]1CCS(=O)(=O)C1. The van der Waals surface area contributed by atoms with Crippen molar-refractivity contribution >= 4 is 15.7 Å². The standard InChI is InChI=1S/C10H16F3NO4S/c1-7(18-6-10(11,12)13)9(15)14(2)8-3-4-19(16,17)5-8/h7-8H,3-6H2,1-2H3/t7-,8+/m1/s1. The van der Waals surface area contributed by atoms with E-state index in [2.05, 4.69) is 4.74 Å². The summed E-state index contributed by atoms with van der Waals surface area (Å²) >= 11 is 0. The largest absolute Gasteiger partial charge is 0.411 e. The van der Waals surface area contributed by atoms with Crippen LogP contribution in [0.15, 0.2) is 0 Å². The van der Waals surface area contributed by atoms with Crippen LogP contribution in [0, 0.1) is 0 Å². The van der Waals surface area contributed by atoms with Crippen molar-refractivity contribution in [1.29, 1.82) is 0 Å². The normalized spacial score (nSPS) is 24.2. The van der Waals surface area contributed by atoms with Gasteiger partial charge in [-0.1, -0.05) is 0 Å². The van der Waals surface area contributed by atoms with Crippen molar-refractivity contribution in [3.05, 3.63) is 0 Å². The molecule has 0 N–H and O–H groups in total. The fraction of sp³-hybridized carbons (Fsp3) is 0.900. The first-order valence-electron chi connectivity index (χ1n) is 5.67. The molecule has 0 aliphatic carbocycles. The van der Waals surface area contributed by atoms with E-state index in [1.807, 2.05) is 0 Å². The summed E-state index contributed by atoms with van der Waals surface area (Å²) < 4.78 is 62.9. The lowest BCUT2D eigenvalue weighted by Crippen LogP contribution is -2.44. The van der Waals surface area contributed by atoms with E-state index in [-0.39, 0.29) is 11.5 Å². The third-order valence-electron chi connectivity index (χ3n) is 2.95. The number of ether oxygens (including phenoxy) is 1. The van der Waals surface area contributed by atoms with Crippen LogP contribution < -0.4 is 0 Å². The van der Waals surface area contributed by atoms with Crippen molar-refractivity contribution in [3.63, 3.8) is 0 Å². The lowest BCUT2D eigenvalue weighted by atomic mass is 10.2. The summed E-state index contributed by atoms with van der Waals surface area (Å²) in [6.45, 7) is -0.287. The minimum Gasteiger partial charge on any atom is -0.359 e. The molecule has 1 saturated heterocycles. The topological polar surface area (TPSA) is 63.7 Å². The van der Waals surface area contributed by atoms with E-state index in [0.29, 0.717) is 6.42 Å². The zero-order valence-electron chi connectivity index (χ0n) is 10.6. The second-order valence-electron chi connectivity index (χ2n) is 4.57. The van der Waals surface area contributed by atoms with Gasteiger partial charge in [-0.2, -0.15) is 13.2 Å². The Balaban J connectivity index is 2.53. The summed E-state index contributed by atoms with van der Waals surface area (Å²) in [7, 11) is -1.77. The van der Waals surface area contributed by atoms with Crippen LogP contribution in [0.3, 0.4) is 0 Å². The average molecular weight is 303 g/mol. The Kier molecular flexibility index (Phi) is 4.83. The number of alkyl halides is 3. The van der Waals surface area contributed by atoms with Crippen LogP contribution in [-0.2, 0) is 19.4 Å². The van der Waals surface area contributed by atoms with E-state index in [4.69, 9.17) is 0 Å². The molecule has 0 radical (unpaired) electrons. The van der Waals surface area contributed by atoms with Crippen LogP contribution in [0.2, 0.25) is 0 Å². The second kappa shape index (κ2) is 5.66. The van der Waals surface area contributed by atoms with E-state index in [0.717, 1.165) is 4.90 Å². The van der Waals surface area contributed by atoms with Gasteiger partial charge in [-0.3, -0.25) is 4.79 Å². The number of halogens is 3. The first-order chi connectivity index (χ1) is 8.52. The monoisotopic (exact) mass is 303 g/mol. The summed E-state index contributed by atoms with van der Waals surface area (Å²) in [5, 5.41) is 0. The summed E-state index contributed by atoms with van der Waals surface area (Å²) in [6.07, 6.45) is -5.45. The van der Waals surface area contributed by atoms with E-state index >= 15 is 0 Å². The Bertz CT molecular complexity index is 435. The Labute approximate surface area is 109 Å². The molecule has 1 fully saturated rings. The predicted molar refractivity (Wildman–Crippen MR) is 61.3 cm³/mol. The molecule has 9 heteroatoms. The lowest BCUT2D eigenvalue weighted by molar-refractivity contribution is -0.188. The van der Waals surface area contributed by atoms with Gasteiger partial charge in [0, 0.05) is 13.1 Å². The highest BCUT2D eigenvalue weighted by molar-refractivity contribution is 7.91. The number of carbonyl (C=O) groups is 1. The zero-order chi connectivity index (χ0) is 14.8. The Hall–Kier alpha value is -0.830. The van der Waals surface area contributed by atoms with Crippen LogP contribution in [0.1, 0.15) is 13.3 Å². The molecule has 1 aliphatic rings. The third kappa shape index (κ3) is 4.98. The Morgan fingerprint density at radius 1 is 1.47 bits per heavy atom. The summed E-state index contributed by atoms with van der Waals surface area (Å²) in [6, 6.07) is -0.491. The molecule has 0 bridgehead atoms. The van der Waals surface area contributed by atoms with Crippen LogP contribution in [0.25, 0.3) is 0 Å². The van der Waals surface area contributed by atoms with Gasteiger partial charge in [-0.05, 0) is 13.3 Å². The summed E-state index contributed by atoms with van der Waals surface area (Å²) in [5.74, 6) is -0.805. The molecule has 2 atom stereocenters. The smallest absolute Gasteiger partial charge is 0.359 e. The van der Waals surface area contributed by atoms with Crippen molar-refractivity contribution < 1.29 is 31.1 Å². The van der Waals surface area contributed by atoms with Crippen LogP contribution in [-0.4, -0.2) is 62.7 Å². The molecule has 19 heavy (non-hydrogen) atoms. The molecule has 0 aromatic rings. The maximum Gasteiger partial charge on any atom is 0.411 e. The zero-order valence-corrected chi connectivity index (χ0v) is 11.4. The lowest BCUT2D eigenvalue weighted by Gasteiger charge is -2.26.